The molecule has 0 heterocycles. The van der Waals surface area contributed by atoms with Crippen LogP contribution in [-0.2, 0) is 9.53 Å². The molecule has 0 aromatic heterocycles. The molecule has 0 bridgehead atoms. The third-order valence-corrected chi connectivity index (χ3v) is 2.12. The molecule has 0 saturated heterocycles. The summed E-state index contributed by atoms with van der Waals surface area (Å²) < 4.78 is 18.4. The Kier molecular flexibility index (Phi) is 4.28. The molecule has 15 heavy (non-hydrogen) atoms. The molecule has 0 spiro atoms. The Labute approximate surface area is 89.1 Å². The number of carbonyl (C=O) groups is 1. The summed E-state index contributed by atoms with van der Waals surface area (Å²) in [7, 11) is 0. The molecule has 0 aliphatic rings. The second-order valence-electron chi connectivity index (χ2n) is 3.39. The van der Waals surface area contributed by atoms with Crippen LogP contribution in [0.1, 0.15) is 30.6 Å². The summed E-state index contributed by atoms with van der Waals surface area (Å²) in [6.07, 6.45) is -0.968. The zero-order valence-corrected chi connectivity index (χ0v) is 9.00. The van der Waals surface area contributed by atoms with E-state index in [-0.39, 0.29) is 6.61 Å². The number of rotatable bonds is 4. The van der Waals surface area contributed by atoms with Crippen LogP contribution in [0.5, 0.6) is 0 Å². The maximum absolute atomic E-state index is 13.6. The first kappa shape index (κ1) is 11.7. The summed E-state index contributed by atoms with van der Waals surface area (Å²) in [5, 5.41) is 0. The molecule has 82 valence electrons. The highest BCUT2D eigenvalue weighted by atomic mass is 19.1. The molecule has 0 aliphatic carbocycles. The van der Waals surface area contributed by atoms with Crippen molar-refractivity contribution in [1.82, 2.24) is 0 Å². The van der Waals surface area contributed by atoms with Crippen molar-refractivity contribution in [2.75, 3.05) is 6.61 Å². The largest absolute Gasteiger partial charge is 0.463 e. The van der Waals surface area contributed by atoms with Crippen LogP contribution in [-0.4, -0.2) is 12.6 Å². The first-order chi connectivity index (χ1) is 7.16. The van der Waals surface area contributed by atoms with Crippen molar-refractivity contribution in [3.63, 3.8) is 0 Å². The van der Waals surface area contributed by atoms with Crippen molar-refractivity contribution in [2.24, 2.45) is 0 Å². The number of ether oxygens (including phenoxy) is 1. The number of esters is 1. The molecule has 0 radical (unpaired) electrons. The quantitative estimate of drug-likeness (QED) is 0.714. The number of benzene rings is 1. The second kappa shape index (κ2) is 5.49. The molecule has 3 heteroatoms. The molecular weight excluding hydrogens is 195 g/mol. The molecule has 1 aromatic carbocycles. The molecule has 0 fully saturated rings. The lowest BCUT2D eigenvalue weighted by Gasteiger charge is -2.10. The van der Waals surface area contributed by atoms with E-state index in [9.17, 15) is 9.18 Å². The van der Waals surface area contributed by atoms with E-state index in [1.54, 1.807) is 25.1 Å². The van der Waals surface area contributed by atoms with E-state index in [0.717, 1.165) is 5.56 Å². The van der Waals surface area contributed by atoms with Crippen molar-refractivity contribution in [3.8, 4) is 0 Å². The number of hydrogen-bond donors (Lipinski definition) is 0. The van der Waals surface area contributed by atoms with Crippen LogP contribution in [0.4, 0.5) is 4.39 Å². The summed E-state index contributed by atoms with van der Waals surface area (Å²) >= 11 is 0. The smallest absolute Gasteiger partial charge is 0.345 e. The molecule has 1 unspecified atom stereocenters. The molecule has 1 rings (SSSR count). The van der Waals surface area contributed by atoms with Crippen LogP contribution in [0.2, 0.25) is 0 Å². The predicted octanol–water partition coefficient (Wildman–Crippen LogP) is 2.96. The normalized spacial score (nSPS) is 12.2. The maximum atomic E-state index is 13.6. The van der Waals surface area contributed by atoms with Crippen LogP contribution in [0.3, 0.4) is 0 Å². The molecule has 1 atom stereocenters. The van der Waals surface area contributed by atoms with Gasteiger partial charge in [0.2, 0.25) is 6.17 Å². The van der Waals surface area contributed by atoms with Crippen molar-refractivity contribution >= 4 is 5.97 Å². The third kappa shape index (κ3) is 3.05. The molecular formula is C12H15FO2. The fourth-order valence-electron chi connectivity index (χ4n) is 1.27. The number of alkyl halides is 1. The van der Waals surface area contributed by atoms with Gasteiger partial charge in [-0.1, -0.05) is 31.2 Å². The Morgan fingerprint density at radius 3 is 2.73 bits per heavy atom. The van der Waals surface area contributed by atoms with E-state index >= 15 is 0 Å². The third-order valence-electron chi connectivity index (χ3n) is 2.12. The fraction of sp³-hybridized carbons (Fsp3) is 0.417. The number of aryl methyl sites for hydroxylation is 1. The van der Waals surface area contributed by atoms with Gasteiger partial charge in [0.05, 0.1) is 6.61 Å². The summed E-state index contributed by atoms with van der Waals surface area (Å²) in [5.74, 6) is -0.800. The van der Waals surface area contributed by atoms with Crippen LogP contribution < -0.4 is 0 Å². The first-order valence-electron chi connectivity index (χ1n) is 5.03. The minimum Gasteiger partial charge on any atom is -0.463 e. The monoisotopic (exact) mass is 210 g/mol. The zero-order chi connectivity index (χ0) is 11.3. The average Bonchev–Trinajstić information content (AvgIpc) is 2.25. The highest BCUT2D eigenvalue weighted by Crippen LogP contribution is 2.22. The van der Waals surface area contributed by atoms with Gasteiger partial charge in [-0.25, -0.2) is 9.18 Å². The lowest BCUT2D eigenvalue weighted by atomic mass is 10.0. The Bertz CT molecular complexity index is 336. The SMILES string of the molecule is CCCOC(=O)C(F)c1ccccc1C. The zero-order valence-electron chi connectivity index (χ0n) is 9.00. The molecule has 0 amide bonds. The summed E-state index contributed by atoms with van der Waals surface area (Å²) in [6, 6.07) is 6.90. The standard InChI is InChI=1S/C12H15FO2/c1-3-8-15-12(14)11(13)10-7-5-4-6-9(10)2/h4-7,11H,3,8H2,1-2H3. The van der Waals surface area contributed by atoms with Gasteiger partial charge < -0.3 is 4.74 Å². The van der Waals surface area contributed by atoms with Crippen LogP contribution in [0, 0.1) is 6.92 Å². The number of hydrogen-bond acceptors (Lipinski definition) is 2. The lowest BCUT2D eigenvalue weighted by Crippen LogP contribution is -2.13. The second-order valence-corrected chi connectivity index (χ2v) is 3.39. The number of halogens is 1. The summed E-state index contributed by atoms with van der Waals surface area (Å²) in [5.41, 5.74) is 1.15. The van der Waals surface area contributed by atoms with E-state index in [0.29, 0.717) is 12.0 Å². The topological polar surface area (TPSA) is 26.3 Å². The minimum atomic E-state index is -1.67. The molecule has 1 aromatic rings. The van der Waals surface area contributed by atoms with E-state index < -0.39 is 12.1 Å². The van der Waals surface area contributed by atoms with Gasteiger partial charge in [0.15, 0.2) is 0 Å². The molecule has 2 nitrogen and oxygen atoms in total. The van der Waals surface area contributed by atoms with Crippen molar-refractivity contribution in [2.45, 2.75) is 26.4 Å². The van der Waals surface area contributed by atoms with Crippen molar-refractivity contribution < 1.29 is 13.9 Å². The van der Waals surface area contributed by atoms with Crippen LogP contribution in [0.25, 0.3) is 0 Å². The van der Waals surface area contributed by atoms with Gasteiger partial charge in [-0.3, -0.25) is 0 Å². The summed E-state index contributed by atoms with van der Waals surface area (Å²) in [4.78, 5) is 11.3. The summed E-state index contributed by atoms with van der Waals surface area (Å²) in [6.45, 7) is 3.91. The molecule has 0 N–H and O–H groups in total. The lowest BCUT2D eigenvalue weighted by molar-refractivity contribution is -0.149. The van der Waals surface area contributed by atoms with Crippen molar-refractivity contribution in [3.05, 3.63) is 35.4 Å². The number of carbonyl (C=O) groups excluding carboxylic acids is 1. The minimum absolute atomic E-state index is 0.269. The highest BCUT2D eigenvalue weighted by molar-refractivity contribution is 5.76. The van der Waals surface area contributed by atoms with Gasteiger partial charge in [0.25, 0.3) is 0 Å². The Hall–Kier alpha value is -1.38. The van der Waals surface area contributed by atoms with Crippen LogP contribution in [0.15, 0.2) is 24.3 Å². The van der Waals surface area contributed by atoms with Gasteiger partial charge in [-0.2, -0.15) is 0 Å². The molecule has 0 aliphatic heterocycles. The first-order valence-corrected chi connectivity index (χ1v) is 5.03. The fourth-order valence-corrected chi connectivity index (χ4v) is 1.27. The maximum Gasteiger partial charge on any atom is 0.345 e. The van der Waals surface area contributed by atoms with E-state index in [4.69, 9.17) is 4.74 Å². The van der Waals surface area contributed by atoms with Gasteiger partial charge in [0, 0.05) is 5.56 Å². The average molecular weight is 210 g/mol. The van der Waals surface area contributed by atoms with E-state index in [2.05, 4.69) is 0 Å². The van der Waals surface area contributed by atoms with E-state index in [1.165, 1.54) is 0 Å². The Morgan fingerprint density at radius 1 is 1.47 bits per heavy atom. The van der Waals surface area contributed by atoms with E-state index in [1.807, 2.05) is 13.0 Å². The predicted molar refractivity (Wildman–Crippen MR) is 56.3 cm³/mol. The van der Waals surface area contributed by atoms with Gasteiger partial charge in [-0.15, -0.1) is 0 Å². The van der Waals surface area contributed by atoms with Crippen molar-refractivity contribution in [1.29, 1.82) is 0 Å². The Balaban J connectivity index is 2.72. The van der Waals surface area contributed by atoms with Crippen LogP contribution >= 0.6 is 0 Å². The Morgan fingerprint density at radius 2 is 2.13 bits per heavy atom. The van der Waals surface area contributed by atoms with Gasteiger partial charge in [0.1, 0.15) is 0 Å². The van der Waals surface area contributed by atoms with Gasteiger partial charge in [-0.05, 0) is 18.9 Å². The van der Waals surface area contributed by atoms with Gasteiger partial charge >= 0.3 is 5.97 Å². The molecule has 0 saturated carbocycles. The highest BCUT2D eigenvalue weighted by Gasteiger charge is 2.22.